The minimum atomic E-state index is 0.363. The Bertz CT molecular complexity index is 484. The van der Waals surface area contributed by atoms with Crippen molar-refractivity contribution in [1.82, 2.24) is 19.3 Å². The number of imidazole rings is 1. The van der Waals surface area contributed by atoms with Crippen LogP contribution >= 0.6 is 0 Å². The van der Waals surface area contributed by atoms with Crippen LogP contribution in [0.3, 0.4) is 0 Å². The number of aromatic nitrogens is 4. The van der Waals surface area contributed by atoms with Gasteiger partial charge in [0, 0.05) is 18.4 Å². The van der Waals surface area contributed by atoms with Crippen molar-refractivity contribution in [3.63, 3.8) is 0 Å². The lowest BCUT2D eigenvalue weighted by Crippen LogP contribution is -2.03. The molecule has 2 aromatic heterocycles. The van der Waals surface area contributed by atoms with Gasteiger partial charge in [-0.15, -0.1) is 0 Å². The molecule has 5 heteroatoms. The maximum absolute atomic E-state index is 10.5. The Morgan fingerprint density at radius 2 is 2.31 bits per heavy atom. The minimum absolute atomic E-state index is 0.363. The van der Waals surface area contributed by atoms with Gasteiger partial charge in [-0.2, -0.15) is 5.10 Å². The van der Waals surface area contributed by atoms with Gasteiger partial charge in [-0.05, 0) is 19.9 Å². The van der Waals surface area contributed by atoms with E-state index in [1.54, 1.807) is 12.5 Å². The lowest BCUT2D eigenvalue weighted by Gasteiger charge is -2.03. The predicted octanol–water partition coefficient (Wildman–Crippen LogP) is 1.52. The summed E-state index contributed by atoms with van der Waals surface area (Å²) in [6.07, 6.45) is 6.04. The molecule has 2 aromatic rings. The molecule has 0 saturated carbocycles. The molecule has 0 atom stereocenters. The molecule has 2 heterocycles. The van der Waals surface area contributed by atoms with E-state index in [2.05, 4.69) is 23.9 Å². The van der Waals surface area contributed by atoms with Crippen LogP contribution in [0.4, 0.5) is 0 Å². The molecule has 0 N–H and O–H groups in total. The highest BCUT2D eigenvalue weighted by atomic mass is 16.1. The molecule has 0 amide bonds. The topological polar surface area (TPSA) is 52.7 Å². The molecular weight excluding hydrogens is 204 g/mol. The Labute approximate surface area is 93.7 Å². The van der Waals surface area contributed by atoms with Gasteiger partial charge >= 0.3 is 0 Å². The summed E-state index contributed by atoms with van der Waals surface area (Å²) >= 11 is 0. The summed E-state index contributed by atoms with van der Waals surface area (Å²) in [4.78, 5) is 14.4. The van der Waals surface area contributed by atoms with Crippen LogP contribution in [-0.2, 0) is 6.54 Å². The number of hydrogen-bond donors (Lipinski definition) is 0. The van der Waals surface area contributed by atoms with Crippen LogP contribution in [0.15, 0.2) is 24.8 Å². The van der Waals surface area contributed by atoms with Gasteiger partial charge in [-0.1, -0.05) is 0 Å². The molecule has 84 valence electrons. The number of carbonyl (C=O) groups is 1. The maximum Gasteiger partial charge on any atom is 0.169 e. The highest BCUT2D eigenvalue weighted by Crippen LogP contribution is 2.06. The van der Waals surface area contributed by atoms with Crippen LogP contribution in [0.25, 0.3) is 0 Å². The molecule has 5 nitrogen and oxygen atoms in total. The van der Waals surface area contributed by atoms with E-state index in [-0.39, 0.29) is 0 Å². The molecule has 0 aliphatic heterocycles. The van der Waals surface area contributed by atoms with E-state index in [9.17, 15) is 4.79 Å². The summed E-state index contributed by atoms with van der Waals surface area (Å²) < 4.78 is 3.75. The Morgan fingerprint density at radius 3 is 2.88 bits per heavy atom. The summed E-state index contributed by atoms with van der Waals surface area (Å²) in [5.74, 6) is 0. The van der Waals surface area contributed by atoms with Crippen molar-refractivity contribution in [2.24, 2.45) is 0 Å². The van der Waals surface area contributed by atoms with Crippen molar-refractivity contribution in [2.45, 2.75) is 26.4 Å². The largest absolute Gasteiger partial charge is 0.331 e. The quantitative estimate of drug-likeness (QED) is 0.731. The summed E-state index contributed by atoms with van der Waals surface area (Å²) in [5.41, 5.74) is 1.41. The third-order valence-electron chi connectivity index (χ3n) is 2.31. The van der Waals surface area contributed by atoms with Gasteiger partial charge in [0.05, 0.1) is 18.6 Å². The monoisotopic (exact) mass is 218 g/mol. The van der Waals surface area contributed by atoms with Gasteiger partial charge in [-0.25, -0.2) is 4.98 Å². The Morgan fingerprint density at radius 1 is 1.50 bits per heavy atom. The first-order chi connectivity index (χ1) is 7.69. The number of carbonyl (C=O) groups excluding carboxylic acids is 1. The standard InChI is InChI=1S/C11H14N4O/c1-9(2)15-4-3-10(13-15)5-14-6-11(7-16)12-8-14/h3-4,6-9H,5H2,1-2H3. The smallest absolute Gasteiger partial charge is 0.169 e. The lowest BCUT2D eigenvalue weighted by molar-refractivity contribution is 0.111. The molecule has 0 aromatic carbocycles. The van der Waals surface area contributed by atoms with Crippen molar-refractivity contribution in [3.8, 4) is 0 Å². The summed E-state index contributed by atoms with van der Waals surface area (Å²) in [7, 11) is 0. The number of rotatable bonds is 4. The van der Waals surface area contributed by atoms with E-state index in [0.29, 0.717) is 18.3 Å². The van der Waals surface area contributed by atoms with Gasteiger partial charge < -0.3 is 4.57 Å². The van der Waals surface area contributed by atoms with Crippen molar-refractivity contribution in [1.29, 1.82) is 0 Å². The second-order valence-electron chi connectivity index (χ2n) is 3.97. The van der Waals surface area contributed by atoms with E-state index < -0.39 is 0 Å². The van der Waals surface area contributed by atoms with Gasteiger partial charge in [0.1, 0.15) is 5.69 Å². The average Bonchev–Trinajstić information content (AvgIpc) is 2.87. The minimum Gasteiger partial charge on any atom is -0.331 e. The van der Waals surface area contributed by atoms with E-state index in [1.807, 2.05) is 21.5 Å². The van der Waals surface area contributed by atoms with E-state index in [4.69, 9.17) is 0 Å². The summed E-state index contributed by atoms with van der Waals surface area (Å²) in [5, 5.41) is 4.42. The first-order valence-electron chi connectivity index (χ1n) is 5.20. The first-order valence-corrected chi connectivity index (χ1v) is 5.20. The average molecular weight is 218 g/mol. The number of hydrogen-bond acceptors (Lipinski definition) is 3. The van der Waals surface area contributed by atoms with Crippen LogP contribution in [0.1, 0.15) is 36.1 Å². The Kier molecular flexibility index (Phi) is 2.85. The van der Waals surface area contributed by atoms with E-state index in [0.717, 1.165) is 12.0 Å². The summed E-state index contributed by atoms with van der Waals surface area (Å²) in [6, 6.07) is 2.34. The molecule has 0 unspecified atom stereocenters. The maximum atomic E-state index is 10.5. The SMILES string of the molecule is CC(C)n1ccc(Cn2cnc(C=O)c2)n1. The molecule has 0 aliphatic carbocycles. The first kappa shape index (κ1) is 10.6. The third-order valence-corrected chi connectivity index (χ3v) is 2.31. The molecule has 16 heavy (non-hydrogen) atoms. The van der Waals surface area contributed by atoms with Crippen LogP contribution in [0.2, 0.25) is 0 Å². The zero-order valence-electron chi connectivity index (χ0n) is 9.37. The van der Waals surface area contributed by atoms with Gasteiger partial charge in [0.15, 0.2) is 6.29 Å². The van der Waals surface area contributed by atoms with E-state index >= 15 is 0 Å². The molecule has 0 saturated heterocycles. The second kappa shape index (κ2) is 4.30. The third kappa shape index (κ3) is 2.18. The molecule has 0 spiro atoms. The van der Waals surface area contributed by atoms with Gasteiger partial charge in [0.25, 0.3) is 0 Å². The fraction of sp³-hybridized carbons (Fsp3) is 0.364. The fourth-order valence-electron chi connectivity index (χ4n) is 1.46. The Hall–Kier alpha value is -1.91. The van der Waals surface area contributed by atoms with Gasteiger partial charge in [-0.3, -0.25) is 9.48 Å². The van der Waals surface area contributed by atoms with Crippen molar-refractivity contribution >= 4 is 6.29 Å². The zero-order chi connectivity index (χ0) is 11.5. The highest BCUT2D eigenvalue weighted by molar-refractivity contribution is 5.70. The lowest BCUT2D eigenvalue weighted by atomic mass is 10.4. The summed E-state index contributed by atoms with van der Waals surface area (Å²) in [6.45, 7) is 4.80. The fourth-order valence-corrected chi connectivity index (χ4v) is 1.46. The normalized spacial score (nSPS) is 10.9. The van der Waals surface area contributed by atoms with Crippen LogP contribution < -0.4 is 0 Å². The molecule has 0 radical (unpaired) electrons. The van der Waals surface area contributed by atoms with Crippen molar-refractivity contribution in [2.75, 3.05) is 0 Å². The van der Waals surface area contributed by atoms with E-state index in [1.165, 1.54) is 0 Å². The van der Waals surface area contributed by atoms with Crippen molar-refractivity contribution < 1.29 is 4.79 Å². The molecular formula is C11H14N4O. The Balaban J connectivity index is 2.11. The van der Waals surface area contributed by atoms with Crippen LogP contribution in [-0.4, -0.2) is 25.6 Å². The highest BCUT2D eigenvalue weighted by Gasteiger charge is 2.03. The second-order valence-corrected chi connectivity index (χ2v) is 3.97. The zero-order valence-corrected chi connectivity index (χ0v) is 9.37. The number of nitrogens with zero attached hydrogens (tertiary/aromatic N) is 4. The number of aldehydes is 1. The molecule has 0 bridgehead atoms. The van der Waals surface area contributed by atoms with Crippen LogP contribution in [0, 0.1) is 0 Å². The molecule has 2 rings (SSSR count). The molecule has 0 aliphatic rings. The van der Waals surface area contributed by atoms with Crippen LogP contribution in [0.5, 0.6) is 0 Å². The molecule has 0 fully saturated rings. The van der Waals surface area contributed by atoms with Crippen molar-refractivity contribution in [3.05, 3.63) is 36.2 Å². The van der Waals surface area contributed by atoms with Gasteiger partial charge in [0.2, 0.25) is 0 Å². The predicted molar refractivity (Wildman–Crippen MR) is 59.3 cm³/mol.